The summed E-state index contributed by atoms with van der Waals surface area (Å²) >= 11 is 0. The third kappa shape index (κ3) is 3.45. The first-order valence-corrected chi connectivity index (χ1v) is 9.40. The second kappa shape index (κ2) is 7.75. The standard InChI is InChI=1S/C20H24N6O2/c1-15(19-23-22-18-9-5-6-10-26(18)19)21-20(27)25-13-11-24(12-14-25)16-7-3-4-8-17(16)28-2/h3-10,15H,11-14H2,1-2H3,(H,21,27). The van der Waals surface area contributed by atoms with Crippen molar-refractivity contribution in [1.82, 2.24) is 24.8 Å². The van der Waals surface area contributed by atoms with Crippen LogP contribution in [-0.4, -0.2) is 58.8 Å². The van der Waals surface area contributed by atoms with Gasteiger partial charge in [-0.05, 0) is 31.2 Å². The molecular formula is C20H24N6O2. The number of benzene rings is 1. The van der Waals surface area contributed by atoms with Crippen LogP contribution < -0.4 is 15.0 Å². The van der Waals surface area contributed by atoms with Crippen LogP contribution in [0.15, 0.2) is 48.7 Å². The quantitative estimate of drug-likeness (QED) is 0.752. The average Bonchev–Trinajstić information content (AvgIpc) is 3.18. The second-order valence-corrected chi connectivity index (χ2v) is 6.80. The number of nitrogens with zero attached hydrogens (tertiary/aromatic N) is 5. The van der Waals surface area contributed by atoms with Crippen LogP contribution in [-0.2, 0) is 0 Å². The van der Waals surface area contributed by atoms with Gasteiger partial charge in [-0.25, -0.2) is 4.79 Å². The lowest BCUT2D eigenvalue weighted by atomic mass is 10.2. The van der Waals surface area contributed by atoms with Crippen molar-refractivity contribution in [2.75, 3.05) is 38.2 Å². The Morgan fingerprint density at radius 1 is 1.07 bits per heavy atom. The topological polar surface area (TPSA) is 75.0 Å². The molecule has 1 unspecified atom stereocenters. The smallest absolute Gasteiger partial charge is 0.318 e. The number of carbonyl (C=O) groups is 1. The van der Waals surface area contributed by atoms with Crippen molar-refractivity contribution in [3.63, 3.8) is 0 Å². The van der Waals surface area contributed by atoms with Crippen LogP contribution in [0.4, 0.5) is 10.5 Å². The molecule has 0 aliphatic carbocycles. The number of urea groups is 1. The normalized spacial score (nSPS) is 15.5. The molecule has 1 aliphatic rings. The fourth-order valence-corrected chi connectivity index (χ4v) is 3.54. The molecule has 1 atom stereocenters. The Bertz CT molecular complexity index is 964. The number of anilines is 1. The van der Waals surface area contributed by atoms with E-state index in [1.165, 1.54) is 0 Å². The first kappa shape index (κ1) is 18.1. The number of para-hydroxylation sites is 2. The molecule has 3 heterocycles. The van der Waals surface area contributed by atoms with Gasteiger partial charge in [0.1, 0.15) is 5.75 Å². The number of methoxy groups -OCH3 is 1. The van der Waals surface area contributed by atoms with Crippen LogP contribution in [0.2, 0.25) is 0 Å². The minimum atomic E-state index is -0.239. The fourth-order valence-electron chi connectivity index (χ4n) is 3.54. The number of rotatable bonds is 4. The maximum atomic E-state index is 12.7. The lowest BCUT2D eigenvalue weighted by Gasteiger charge is -2.36. The Morgan fingerprint density at radius 2 is 1.82 bits per heavy atom. The van der Waals surface area contributed by atoms with E-state index in [9.17, 15) is 4.79 Å². The molecule has 3 aromatic rings. The van der Waals surface area contributed by atoms with Gasteiger partial charge >= 0.3 is 6.03 Å². The third-order valence-corrected chi connectivity index (χ3v) is 5.06. The Hall–Kier alpha value is -3.29. The van der Waals surface area contributed by atoms with Crippen molar-refractivity contribution in [1.29, 1.82) is 0 Å². The molecule has 1 N–H and O–H groups in total. The number of aromatic nitrogens is 3. The zero-order valence-electron chi connectivity index (χ0n) is 16.1. The molecule has 1 aromatic carbocycles. The highest BCUT2D eigenvalue weighted by Crippen LogP contribution is 2.28. The molecule has 1 saturated heterocycles. The summed E-state index contributed by atoms with van der Waals surface area (Å²) in [6, 6.07) is 13.4. The van der Waals surface area contributed by atoms with Gasteiger partial charge in [-0.15, -0.1) is 10.2 Å². The summed E-state index contributed by atoms with van der Waals surface area (Å²) in [6.07, 6.45) is 1.90. The van der Waals surface area contributed by atoms with Crippen LogP contribution in [0, 0.1) is 0 Å². The van der Waals surface area contributed by atoms with Gasteiger partial charge in [0.25, 0.3) is 0 Å². The molecule has 146 valence electrons. The Balaban J connectivity index is 1.37. The van der Waals surface area contributed by atoms with E-state index in [-0.39, 0.29) is 12.1 Å². The van der Waals surface area contributed by atoms with Crippen LogP contribution in [0.3, 0.4) is 0 Å². The van der Waals surface area contributed by atoms with E-state index in [2.05, 4.69) is 20.4 Å². The van der Waals surface area contributed by atoms with Crippen molar-refractivity contribution in [3.8, 4) is 5.75 Å². The molecule has 2 aromatic heterocycles. The van der Waals surface area contributed by atoms with E-state index >= 15 is 0 Å². The highest BCUT2D eigenvalue weighted by Gasteiger charge is 2.25. The summed E-state index contributed by atoms with van der Waals surface area (Å²) in [7, 11) is 1.68. The summed E-state index contributed by atoms with van der Waals surface area (Å²) in [6.45, 7) is 4.74. The number of fused-ring (bicyclic) bond motifs is 1. The molecule has 8 heteroatoms. The third-order valence-electron chi connectivity index (χ3n) is 5.06. The van der Waals surface area contributed by atoms with Crippen LogP contribution in [0.25, 0.3) is 5.65 Å². The lowest BCUT2D eigenvalue weighted by Crippen LogP contribution is -2.52. The summed E-state index contributed by atoms with van der Waals surface area (Å²) in [5.41, 5.74) is 1.83. The van der Waals surface area contributed by atoms with Gasteiger partial charge < -0.3 is 19.9 Å². The number of hydrogen-bond acceptors (Lipinski definition) is 5. The number of nitrogens with one attached hydrogen (secondary N) is 1. The van der Waals surface area contributed by atoms with Crippen molar-refractivity contribution < 1.29 is 9.53 Å². The average molecular weight is 380 g/mol. The first-order chi connectivity index (χ1) is 13.7. The van der Waals surface area contributed by atoms with E-state index in [1.807, 2.05) is 64.9 Å². The number of piperazine rings is 1. The minimum Gasteiger partial charge on any atom is -0.495 e. The minimum absolute atomic E-state index is 0.0835. The highest BCUT2D eigenvalue weighted by atomic mass is 16.5. The molecule has 0 radical (unpaired) electrons. The SMILES string of the molecule is COc1ccccc1N1CCN(C(=O)NC(C)c2nnc3ccccn23)CC1. The van der Waals surface area contributed by atoms with E-state index in [0.29, 0.717) is 13.1 Å². The maximum Gasteiger partial charge on any atom is 0.318 e. The van der Waals surface area contributed by atoms with Gasteiger partial charge in [0.05, 0.1) is 18.8 Å². The van der Waals surface area contributed by atoms with Gasteiger partial charge in [-0.3, -0.25) is 4.40 Å². The molecule has 8 nitrogen and oxygen atoms in total. The first-order valence-electron chi connectivity index (χ1n) is 9.40. The number of hydrogen-bond donors (Lipinski definition) is 1. The van der Waals surface area contributed by atoms with E-state index in [4.69, 9.17) is 4.74 Å². The molecule has 0 bridgehead atoms. The van der Waals surface area contributed by atoms with Crippen LogP contribution in [0.1, 0.15) is 18.8 Å². The number of pyridine rings is 1. The van der Waals surface area contributed by atoms with Crippen molar-refractivity contribution in [3.05, 3.63) is 54.5 Å². The molecule has 1 aliphatic heterocycles. The number of ether oxygens (including phenoxy) is 1. The molecule has 0 spiro atoms. The zero-order valence-corrected chi connectivity index (χ0v) is 16.1. The number of amides is 2. The van der Waals surface area contributed by atoms with Gasteiger partial charge in [0.15, 0.2) is 11.5 Å². The van der Waals surface area contributed by atoms with Gasteiger partial charge in [0, 0.05) is 32.4 Å². The summed E-state index contributed by atoms with van der Waals surface area (Å²) in [5, 5.41) is 11.4. The van der Waals surface area contributed by atoms with Crippen molar-refractivity contribution in [2.45, 2.75) is 13.0 Å². The molecule has 28 heavy (non-hydrogen) atoms. The van der Waals surface area contributed by atoms with Gasteiger partial charge in [0.2, 0.25) is 0 Å². The predicted octanol–water partition coefficient (Wildman–Crippen LogP) is 2.33. The highest BCUT2D eigenvalue weighted by molar-refractivity contribution is 5.75. The van der Waals surface area contributed by atoms with E-state index in [1.54, 1.807) is 7.11 Å². The largest absolute Gasteiger partial charge is 0.495 e. The molecule has 4 rings (SSSR count). The predicted molar refractivity (Wildman–Crippen MR) is 107 cm³/mol. The van der Waals surface area contributed by atoms with Crippen molar-refractivity contribution in [2.24, 2.45) is 0 Å². The zero-order chi connectivity index (χ0) is 19.5. The van der Waals surface area contributed by atoms with E-state index < -0.39 is 0 Å². The number of carbonyl (C=O) groups excluding carboxylic acids is 1. The summed E-state index contributed by atoms with van der Waals surface area (Å²) in [5.74, 6) is 1.57. The second-order valence-electron chi connectivity index (χ2n) is 6.80. The molecule has 0 saturated carbocycles. The van der Waals surface area contributed by atoms with Crippen molar-refractivity contribution >= 4 is 17.4 Å². The molecule has 1 fully saturated rings. The summed E-state index contributed by atoms with van der Waals surface area (Å²) in [4.78, 5) is 16.8. The Morgan fingerprint density at radius 3 is 2.61 bits per heavy atom. The Labute approximate surface area is 163 Å². The molecule has 2 amide bonds. The van der Waals surface area contributed by atoms with Gasteiger partial charge in [-0.2, -0.15) is 0 Å². The van der Waals surface area contributed by atoms with Crippen LogP contribution >= 0.6 is 0 Å². The van der Waals surface area contributed by atoms with Gasteiger partial charge in [-0.1, -0.05) is 18.2 Å². The lowest BCUT2D eigenvalue weighted by molar-refractivity contribution is 0.190. The monoisotopic (exact) mass is 380 g/mol. The Kier molecular flexibility index (Phi) is 5.01. The molecular weight excluding hydrogens is 356 g/mol. The fraction of sp³-hybridized carbons (Fsp3) is 0.350. The summed E-state index contributed by atoms with van der Waals surface area (Å²) < 4.78 is 7.35. The maximum absolute atomic E-state index is 12.7. The van der Waals surface area contributed by atoms with E-state index in [0.717, 1.165) is 36.0 Å². The van der Waals surface area contributed by atoms with Crippen LogP contribution in [0.5, 0.6) is 5.75 Å².